The molecule has 0 radical (unpaired) electrons. The lowest BCUT2D eigenvalue weighted by Gasteiger charge is -2.42. The highest BCUT2D eigenvalue weighted by Crippen LogP contribution is 2.34. The summed E-state index contributed by atoms with van der Waals surface area (Å²) in [5.41, 5.74) is 0.158. The van der Waals surface area contributed by atoms with Crippen molar-refractivity contribution in [3.8, 4) is 0 Å². The predicted molar refractivity (Wildman–Crippen MR) is 97.4 cm³/mol. The van der Waals surface area contributed by atoms with E-state index in [2.05, 4.69) is 4.98 Å². The number of hydrogen-bond donors (Lipinski definition) is 1. The van der Waals surface area contributed by atoms with E-state index in [1.54, 1.807) is 6.20 Å². The Hall–Kier alpha value is -1.49. The van der Waals surface area contributed by atoms with Crippen LogP contribution in [-0.2, 0) is 14.2 Å². The third-order valence-corrected chi connectivity index (χ3v) is 5.29. The number of aromatic nitrogens is 2. The SMILES string of the molecule is O=c1[nH]c(=O)n([C@H]2CO[C@@H]3COC(c4ccccc4)O[C@H]3C2)cc1I. The largest absolute Gasteiger partial charge is 0.371 e. The van der Waals surface area contributed by atoms with E-state index in [-0.39, 0.29) is 23.8 Å². The van der Waals surface area contributed by atoms with Gasteiger partial charge in [0.05, 0.1) is 28.9 Å². The number of H-pyrrole nitrogens is 1. The molecule has 1 unspecified atom stereocenters. The molecule has 2 aromatic rings. The molecule has 2 aliphatic rings. The van der Waals surface area contributed by atoms with E-state index in [9.17, 15) is 9.59 Å². The highest BCUT2D eigenvalue weighted by atomic mass is 127. The van der Waals surface area contributed by atoms with Crippen molar-refractivity contribution in [1.29, 1.82) is 0 Å². The lowest BCUT2D eigenvalue weighted by Crippen LogP contribution is -2.49. The topological polar surface area (TPSA) is 82.6 Å². The Morgan fingerprint density at radius 2 is 1.88 bits per heavy atom. The number of ether oxygens (including phenoxy) is 3. The average Bonchev–Trinajstić information content (AvgIpc) is 2.64. The van der Waals surface area contributed by atoms with Gasteiger partial charge in [0.25, 0.3) is 5.56 Å². The van der Waals surface area contributed by atoms with Crippen LogP contribution in [0, 0.1) is 3.57 Å². The standard InChI is InChI=1S/C17H17IN2O5/c18-12-7-20(17(22)19-15(12)21)11-6-13-14(23-8-11)9-24-16(25-13)10-4-2-1-3-5-10/h1-5,7,11,13-14,16H,6,8-9H2,(H,19,21,22)/t11-,13+,14-,16?/m1/s1. The summed E-state index contributed by atoms with van der Waals surface area (Å²) >= 11 is 1.92. The van der Waals surface area contributed by atoms with E-state index in [1.807, 2.05) is 52.9 Å². The number of fused-ring (bicyclic) bond motifs is 1. The summed E-state index contributed by atoms with van der Waals surface area (Å²) < 4.78 is 19.7. The Labute approximate surface area is 157 Å². The van der Waals surface area contributed by atoms with Gasteiger partial charge in [0.1, 0.15) is 6.10 Å². The summed E-state index contributed by atoms with van der Waals surface area (Å²) in [5, 5.41) is 0. The number of nitrogens with one attached hydrogen (secondary N) is 1. The molecule has 25 heavy (non-hydrogen) atoms. The van der Waals surface area contributed by atoms with Gasteiger partial charge in [-0.3, -0.25) is 14.3 Å². The van der Waals surface area contributed by atoms with E-state index >= 15 is 0 Å². The van der Waals surface area contributed by atoms with Crippen molar-refractivity contribution >= 4 is 22.6 Å². The number of aromatic amines is 1. The first-order valence-corrected chi connectivity index (χ1v) is 9.14. The van der Waals surface area contributed by atoms with Crippen LogP contribution in [0.2, 0.25) is 0 Å². The van der Waals surface area contributed by atoms with Gasteiger partial charge in [-0.05, 0) is 29.0 Å². The molecule has 0 spiro atoms. The van der Waals surface area contributed by atoms with E-state index in [0.717, 1.165) is 5.56 Å². The van der Waals surface area contributed by atoms with Gasteiger partial charge in [-0.1, -0.05) is 30.3 Å². The Morgan fingerprint density at radius 1 is 1.08 bits per heavy atom. The first kappa shape index (κ1) is 17.0. The molecular weight excluding hydrogens is 439 g/mol. The quantitative estimate of drug-likeness (QED) is 0.695. The molecule has 2 fully saturated rings. The van der Waals surface area contributed by atoms with Crippen molar-refractivity contribution < 1.29 is 14.2 Å². The van der Waals surface area contributed by atoms with Crippen LogP contribution >= 0.6 is 22.6 Å². The highest BCUT2D eigenvalue weighted by molar-refractivity contribution is 14.1. The van der Waals surface area contributed by atoms with Gasteiger partial charge in [-0.15, -0.1) is 0 Å². The predicted octanol–water partition coefficient (Wildman–Crippen LogP) is 1.59. The molecule has 7 nitrogen and oxygen atoms in total. The van der Waals surface area contributed by atoms with Gasteiger partial charge in [0.2, 0.25) is 0 Å². The smallest absolute Gasteiger partial charge is 0.328 e. The molecule has 4 rings (SSSR count). The fourth-order valence-corrected chi connectivity index (χ4v) is 3.65. The van der Waals surface area contributed by atoms with Crippen LogP contribution in [0.15, 0.2) is 46.1 Å². The van der Waals surface area contributed by atoms with Crippen LogP contribution in [0.5, 0.6) is 0 Å². The fourth-order valence-electron chi connectivity index (χ4n) is 3.22. The molecule has 1 aromatic carbocycles. The van der Waals surface area contributed by atoms with Crippen LogP contribution in [-0.4, -0.2) is 35.0 Å². The molecule has 0 amide bonds. The second-order valence-electron chi connectivity index (χ2n) is 6.16. The van der Waals surface area contributed by atoms with Gasteiger partial charge in [0.15, 0.2) is 6.29 Å². The number of hydrogen-bond acceptors (Lipinski definition) is 5. The fraction of sp³-hybridized carbons (Fsp3) is 0.412. The van der Waals surface area contributed by atoms with Gasteiger partial charge in [-0.25, -0.2) is 4.79 Å². The Kier molecular flexibility index (Phi) is 4.76. The van der Waals surface area contributed by atoms with Crippen molar-refractivity contribution in [1.82, 2.24) is 9.55 Å². The first-order chi connectivity index (χ1) is 12.1. The van der Waals surface area contributed by atoms with E-state index in [0.29, 0.717) is 23.2 Å². The Bertz CT molecular complexity index is 865. The van der Waals surface area contributed by atoms with Crippen LogP contribution in [0.4, 0.5) is 0 Å². The first-order valence-electron chi connectivity index (χ1n) is 8.06. The zero-order valence-corrected chi connectivity index (χ0v) is 15.4. The molecule has 0 bridgehead atoms. The number of halogens is 1. The lowest BCUT2D eigenvalue weighted by molar-refractivity contribution is -0.282. The summed E-state index contributed by atoms with van der Waals surface area (Å²) in [6.45, 7) is 0.834. The molecule has 0 saturated carbocycles. The van der Waals surface area contributed by atoms with Crippen molar-refractivity contribution in [2.24, 2.45) is 0 Å². The summed E-state index contributed by atoms with van der Waals surface area (Å²) in [6.07, 6.45) is 1.45. The number of benzene rings is 1. The van der Waals surface area contributed by atoms with Gasteiger partial charge >= 0.3 is 5.69 Å². The minimum atomic E-state index is -0.433. The molecule has 132 valence electrons. The van der Waals surface area contributed by atoms with Crippen LogP contribution in [0.3, 0.4) is 0 Å². The Morgan fingerprint density at radius 3 is 2.68 bits per heavy atom. The van der Waals surface area contributed by atoms with E-state index < -0.39 is 12.0 Å². The lowest BCUT2D eigenvalue weighted by atomic mass is 10.0. The van der Waals surface area contributed by atoms with Crippen molar-refractivity contribution in [3.63, 3.8) is 0 Å². The van der Waals surface area contributed by atoms with Crippen molar-refractivity contribution in [2.75, 3.05) is 13.2 Å². The third-order valence-electron chi connectivity index (χ3n) is 4.52. The maximum Gasteiger partial charge on any atom is 0.328 e. The van der Waals surface area contributed by atoms with Crippen molar-refractivity contribution in [2.45, 2.75) is 31.0 Å². The molecule has 4 atom stereocenters. The summed E-state index contributed by atoms with van der Waals surface area (Å²) in [5.74, 6) is 0. The normalized spacial score (nSPS) is 29.2. The van der Waals surface area contributed by atoms with Crippen molar-refractivity contribution in [3.05, 3.63) is 66.5 Å². The van der Waals surface area contributed by atoms with E-state index in [1.165, 1.54) is 4.57 Å². The Balaban J connectivity index is 1.54. The molecule has 8 heteroatoms. The maximum absolute atomic E-state index is 12.1. The van der Waals surface area contributed by atoms with Crippen LogP contribution in [0.25, 0.3) is 0 Å². The molecule has 0 aliphatic carbocycles. The monoisotopic (exact) mass is 456 g/mol. The zero-order chi connectivity index (χ0) is 17.4. The third kappa shape index (κ3) is 3.43. The molecule has 3 heterocycles. The summed E-state index contributed by atoms with van der Waals surface area (Å²) in [6, 6.07) is 9.56. The van der Waals surface area contributed by atoms with Crippen LogP contribution < -0.4 is 11.2 Å². The number of nitrogens with zero attached hydrogens (tertiary/aromatic N) is 1. The van der Waals surface area contributed by atoms with Gasteiger partial charge in [0, 0.05) is 11.8 Å². The highest BCUT2D eigenvalue weighted by Gasteiger charge is 2.39. The minimum absolute atomic E-state index is 0.145. The molecule has 2 saturated heterocycles. The molecule has 1 N–H and O–H groups in total. The minimum Gasteiger partial charge on any atom is -0.371 e. The number of rotatable bonds is 2. The molecule has 2 aliphatic heterocycles. The van der Waals surface area contributed by atoms with Gasteiger partial charge < -0.3 is 14.2 Å². The second kappa shape index (κ2) is 7.02. The van der Waals surface area contributed by atoms with E-state index in [4.69, 9.17) is 14.2 Å². The van der Waals surface area contributed by atoms with Crippen LogP contribution in [0.1, 0.15) is 24.3 Å². The average molecular weight is 456 g/mol. The van der Waals surface area contributed by atoms with Gasteiger partial charge in [-0.2, -0.15) is 0 Å². The maximum atomic E-state index is 12.1. The summed E-state index contributed by atoms with van der Waals surface area (Å²) in [4.78, 5) is 26.0. The molecular formula is C17H17IN2O5. The second-order valence-corrected chi connectivity index (χ2v) is 7.32. The molecule has 1 aromatic heterocycles. The zero-order valence-electron chi connectivity index (χ0n) is 13.3. The summed E-state index contributed by atoms with van der Waals surface area (Å²) in [7, 11) is 0.